The number of rotatable bonds is 8. The Morgan fingerprint density at radius 3 is 2.97 bits per heavy atom. The normalized spacial score (nSPS) is 20.8. The van der Waals surface area contributed by atoms with Gasteiger partial charge in [0, 0.05) is 29.1 Å². The molecular weight excluding hydrogens is 466 g/mol. The summed E-state index contributed by atoms with van der Waals surface area (Å²) in [6.45, 7) is 0. The Bertz CT molecular complexity index is 1040. The Kier molecular flexibility index (Phi) is 7.15. The maximum atomic E-state index is 12.7. The van der Waals surface area contributed by atoms with Crippen LogP contribution in [0.3, 0.4) is 0 Å². The van der Waals surface area contributed by atoms with Crippen LogP contribution in [-0.4, -0.2) is 72.9 Å². The van der Waals surface area contributed by atoms with Crippen molar-refractivity contribution in [2.45, 2.75) is 11.4 Å². The van der Waals surface area contributed by atoms with Crippen LogP contribution in [-0.2, 0) is 19.2 Å². The number of nitrogens with two attached hydrogens (primary N) is 1. The first-order valence-corrected chi connectivity index (χ1v) is 11.3. The molecule has 0 aliphatic carbocycles. The van der Waals surface area contributed by atoms with Crippen molar-refractivity contribution >= 4 is 63.7 Å². The van der Waals surface area contributed by atoms with Crippen molar-refractivity contribution in [3.8, 4) is 6.07 Å². The number of carboxylic acid groups (broad SMARTS) is 1. The zero-order chi connectivity index (χ0) is 22.5. The number of nitrogens with zero attached hydrogens (tertiary/aromatic N) is 5. The second-order valence-electron chi connectivity index (χ2n) is 5.94. The summed E-state index contributed by atoms with van der Waals surface area (Å²) in [6, 6.07) is 0.904. The van der Waals surface area contributed by atoms with Gasteiger partial charge in [-0.1, -0.05) is 5.16 Å². The van der Waals surface area contributed by atoms with Crippen molar-refractivity contribution in [3.05, 3.63) is 28.6 Å². The molecule has 0 bridgehead atoms. The van der Waals surface area contributed by atoms with Crippen LogP contribution in [0.4, 0.5) is 5.13 Å². The van der Waals surface area contributed by atoms with Gasteiger partial charge in [-0.25, -0.2) is 4.79 Å². The van der Waals surface area contributed by atoms with Crippen molar-refractivity contribution < 1.29 is 24.3 Å². The van der Waals surface area contributed by atoms with Crippen LogP contribution < -0.4 is 11.1 Å². The number of allylic oxidation sites excluding steroid dienone is 1. The fourth-order valence-corrected chi connectivity index (χ4v) is 5.44. The van der Waals surface area contributed by atoms with Gasteiger partial charge in [-0.2, -0.15) is 14.6 Å². The molecule has 15 heteroatoms. The Morgan fingerprint density at radius 2 is 2.35 bits per heavy atom. The van der Waals surface area contributed by atoms with Crippen LogP contribution in [0.5, 0.6) is 0 Å². The van der Waals surface area contributed by atoms with Gasteiger partial charge in [0.05, 0.1) is 6.07 Å². The third-order valence-electron chi connectivity index (χ3n) is 4.08. The first-order valence-electron chi connectivity index (χ1n) is 8.46. The number of nitriles is 1. The van der Waals surface area contributed by atoms with E-state index in [2.05, 4.69) is 24.7 Å². The zero-order valence-electron chi connectivity index (χ0n) is 15.8. The molecule has 0 saturated carbocycles. The first-order chi connectivity index (χ1) is 14.9. The van der Waals surface area contributed by atoms with E-state index in [1.165, 1.54) is 36.7 Å². The highest BCUT2D eigenvalue weighted by atomic mass is 32.2. The molecule has 12 nitrogen and oxygen atoms in total. The van der Waals surface area contributed by atoms with E-state index in [0.717, 1.165) is 16.4 Å². The lowest BCUT2D eigenvalue weighted by Gasteiger charge is -2.49. The van der Waals surface area contributed by atoms with Gasteiger partial charge < -0.3 is 21.0 Å². The summed E-state index contributed by atoms with van der Waals surface area (Å²) >= 11 is 3.46. The number of oxime groups is 1. The molecule has 3 rings (SSSR count). The molecule has 1 saturated heterocycles. The van der Waals surface area contributed by atoms with Gasteiger partial charge in [0.2, 0.25) is 11.5 Å². The Balaban J connectivity index is 1.75. The maximum Gasteiger partial charge on any atom is 0.352 e. The summed E-state index contributed by atoms with van der Waals surface area (Å²) in [6.07, 6.45) is 1.29. The Labute approximate surface area is 188 Å². The fraction of sp³-hybridized carbons (Fsp3) is 0.312. The summed E-state index contributed by atoms with van der Waals surface area (Å²) in [7, 11) is 1.24. The average molecular weight is 482 g/mol. The van der Waals surface area contributed by atoms with Gasteiger partial charge in [-0.3, -0.25) is 14.5 Å². The van der Waals surface area contributed by atoms with E-state index in [1.54, 1.807) is 5.41 Å². The second kappa shape index (κ2) is 9.81. The molecule has 2 aliphatic rings. The van der Waals surface area contributed by atoms with Crippen molar-refractivity contribution in [2.75, 3.05) is 24.3 Å². The summed E-state index contributed by atoms with van der Waals surface area (Å²) in [5.74, 6) is -1.90. The highest BCUT2D eigenvalue weighted by molar-refractivity contribution is 8.02. The molecule has 4 N–H and O–H groups in total. The molecule has 2 aliphatic heterocycles. The van der Waals surface area contributed by atoms with Crippen LogP contribution in [0.1, 0.15) is 5.82 Å². The number of amides is 2. The topological polar surface area (TPSA) is 184 Å². The van der Waals surface area contributed by atoms with Crippen molar-refractivity contribution in [1.29, 1.82) is 5.26 Å². The quantitative estimate of drug-likeness (QED) is 0.196. The number of β-lactam (4-membered cyclic amide) rings is 1. The van der Waals surface area contributed by atoms with Gasteiger partial charge >= 0.3 is 5.97 Å². The van der Waals surface area contributed by atoms with Crippen LogP contribution >= 0.6 is 35.1 Å². The first kappa shape index (κ1) is 22.6. The number of aromatic nitrogens is 2. The molecular formula is C16H15N7O5S3. The minimum absolute atomic E-state index is 0.0439. The zero-order valence-corrected chi connectivity index (χ0v) is 18.3. The summed E-state index contributed by atoms with van der Waals surface area (Å²) in [4.78, 5) is 46.9. The lowest BCUT2D eigenvalue weighted by Crippen LogP contribution is -2.71. The number of hydrogen-bond acceptors (Lipinski definition) is 12. The highest BCUT2D eigenvalue weighted by Gasteiger charge is 2.54. The molecule has 0 aromatic carbocycles. The summed E-state index contributed by atoms with van der Waals surface area (Å²) in [5.41, 5.74) is 5.75. The van der Waals surface area contributed by atoms with E-state index in [9.17, 15) is 19.5 Å². The number of anilines is 1. The number of carbonyl (C=O) groups excluding carboxylic acids is 2. The van der Waals surface area contributed by atoms with E-state index in [1.807, 2.05) is 6.07 Å². The number of hydrogen-bond donors (Lipinski definition) is 3. The molecule has 1 fully saturated rings. The third-order valence-corrected chi connectivity index (χ3v) is 6.81. The molecule has 162 valence electrons. The van der Waals surface area contributed by atoms with Crippen LogP contribution in [0.25, 0.3) is 0 Å². The van der Waals surface area contributed by atoms with Gasteiger partial charge in [0.25, 0.3) is 11.8 Å². The number of fused-ring (bicyclic) bond motifs is 1. The molecule has 3 heterocycles. The number of aliphatic carboxylic acids is 1. The molecule has 0 spiro atoms. The molecule has 1 aromatic rings. The predicted molar refractivity (Wildman–Crippen MR) is 115 cm³/mol. The molecule has 1 unspecified atom stereocenters. The van der Waals surface area contributed by atoms with Gasteiger partial charge in [-0.15, -0.1) is 23.5 Å². The number of carboxylic acids is 1. The predicted octanol–water partition coefficient (Wildman–Crippen LogP) is -0.0201. The molecule has 2 atom stereocenters. The standard InChI is InChI=1S/C16H15N7O5S3/c1-28-21-8(11-20-16(18)31-22-11)12(24)19-9-13(25)23-10(15(26)27)7(6-30-14(9)23)5-29-4-2-3-17/h2,4,9,14H,5-6H2,1H3,(H,19,24)(H,26,27)(H2,18,20,22)/b4-2-,21-8?/t9?,14-/m0/s1. The third kappa shape index (κ3) is 4.65. The van der Waals surface area contributed by atoms with Gasteiger partial charge in [0.1, 0.15) is 24.2 Å². The summed E-state index contributed by atoms with van der Waals surface area (Å²) < 4.78 is 3.91. The number of nitrogen functional groups attached to an aromatic ring is 1. The van der Waals surface area contributed by atoms with Crippen molar-refractivity contribution in [2.24, 2.45) is 5.16 Å². The van der Waals surface area contributed by atoms with E-state index in [-0.39, 0.29) is 22.4 Å². The lowest BCUT2D eigenvalue weighted by atomic mass is 10.0. The largest absolute Gasteiger partial charge is 0.477 e. The van der Waals surface area contributed by atoms with Gasteiger partial charge in [-0.05, 0) is 11.0 Å². The Hall–Kier alpha value is -3.09. The molecule has 0 radical (unpaired) electrons. The number of nitrogens with one attached hydrogen (secondary N) is 1. The van der Waals surface area contributed by atoms with E-state index in [0.29, 0.717) is 17.1 Å². The SMILES string of the molecule is CON=C(C(=O)NC1C(=O)N2C(C(=O)O)=C(CS/C=C\C#N)CS[C@@H]12)c1nsc(N)n1. The van der Waals surface area contributed by atoms with E-state index < -0.39 is 29.2 Å². The fourth-order valence-electron chi connectivity index (χ4n) is 2.84. The lowest BCUT2D eigenvalue weighted by molar-refractivity contribution is -0.150. The summed E-state index contributed by atoms with van der Waals surface area (Å²) in [5, 5.41) is 25.4. The van der Waals surface area contributed by atoms with Crippen molar-refractivity contribution in [1.82, 2.24) is 19.6 Å². The molecule has 2 amide bonds. The molecule has 1 aromatic heterocycles. The van der Waals surface area contributed by atoms with Gasteiger partial charge in [0.15, 0.2) is 5.13 Å². The number of thioether (sulfide) groups is 2. The number of carbonyl (C=O) groups is 3. The maximum absolute atomic E-state index is 12.7. The van der Waals surface area contributed by atoms with E-state index >= 15 is 0 Å². The minimum atomic E-state index is -1.23. The smallest absolute Gasteiger partial charge is 0.352 e. The van der Waals surface area contributed by atoms with Crippen molar-refractivity contribution in [3.63, 3.8) is 0 Å². The monoisotopic (exact) mass is 481 g/mol. The van der Waals surface area contributed by atoms with Crippen LogP contribution in [0, 0.1) is 11.3 Å². The average Bonchev–Trinajstić information content (AvgIpc) is 3.18. The van der Waals surface area contributed by atoms with Crippen LogP contribution in [0.2, 0.25) is 0 Å². The minimum Gasteiger partial charge on any atom is -0.477 e. The van der Waals surface area contributed by atoms with Crippen LogP contribution in [0.15, 0.2) is 27.9 Å². The second-order valence-corrected chi connectivity index (χ2v) is 8.72. The van der Waals surface area contributed by atoms with E-state index in [4.69, 9.17) is 11.0 Å². The highest BCUT2D eigenvalue weighted by Crippen LogP contribution is 2.41. The molecule has 31 heavy (non-hydrogen) atoms. The Morgan fingerprint density at radius 1 is 1.58 bits per heavy atom.